The number of benzene rings is 1. The van der Waals surface area contributed by atoms with Crippen LogP contribution in [0.3, 0.4) is 0 Å². The smallest absolute Gasteiger partial charge is 0.406 e. The second kappa shape index (κ2) is 4.84. The lowest BCUT2D eigenvalue weighted by Crippen LogP contribution is -2.47. The molecule has 2 aliphatic heterocycles. The number of rotatable bonds is 2. The van der Waals surface area contributed by atoms with E-state index < -0.39 is 6.36 Å². The number of fused-ring (bicyclic) bond motifs is 2. The third-order valence-corrected chi connectivity index (χ3v) is 4.14. The van der Waals surface area contributed by atoms with Crippen LogP contribution in [0.1, 0.15) is 25.7 Å². The Morgan fingerprint density at radius 3 is 2.10 bits per heavy atom. The van der Waals surface area contributed by atoms with Crippen LogP contribution in [0, 0.1) is 0 Å². The Hall–Kier alpha value is -1.43. The van der Waals surface area contributed by atoms with E-state index in [0.717, 1.165) is 31.4 Å². The molecule has 2 unspecified atom stereocenters. The first kappa shape index (κ1) is 13.5. The van der Waals surface area contributed by atoms with Gasteiger partial charge >= 0.3 is 6.36 Å². The minimum absolute atomic E-state index is 0.178. The molecular weight excluding hydrogens is 269 g/mol. The minimum Gasteiger partial charge on any atom is -0.406 e. The molecule has 0 amide bonds. The second-order valence-corrected chi connectivity index (χ2v) is 5.57. The normalized spacial score (nSPS) is 29.6. The number of ether oxygens (including phenoxy) is 1. The number of piperidine rings is 1. The van der Waals surface area contributed by atoms with Gasteiger partial charge in [0.15, 0.2) is 0 Å². The maximum atomic E-state index is 12.1. The van der Waals surface area contributed by atoms with E-state index in [1.54, 1.807) is 12.1 Å². The Labute approximate surface area is 115 Å². The quantitative estimate of drug-likeness (QED) is 0.908. The number of hydrogen-bond donors (Lipinski definition) is 1. The number of anilines is 1. The number of alkyl halides is 3. The van der Waals surface area contributed by atoms with Crippen molar-refractivity contribution < 1.29 is 17.9 Å². The second-order valence-electron chi connectivity index (χ2n) is 5.57. The van der Waals surface area contributed by atoms with Crippen molar-refractivity contribution in [1.82, 2.24) is 0 Å². The molecule has 3 nitrogen and oxygen atoms in total. The Morgan fingerprint density at radius 1 is 1.05 bits per heavy atom. The van der Waals surface area contributed by atoms with E-state index in [4.69, 9.17) is 5.73 Å². The molecule has 2 N–H and O–H groups in total. The van der Waals surface area contributed by atoms with Gasteiger partial charge < -0.3 is 15.4 Å². The zero-order valence-electron chi connectivity index (χ0n) is 10.9. The average molecular weight is 286 g/mol. The highest BCUT2D eigenvalue weighted by Gasteiger charge is 2.39. The van der Waals surface area contributed by atoms with Crippen LogP contribution in [0.15, 0.2) is 24.3 Å². The molecule has 0 saturated carbocycles. The number of hydrogen-bond acceptors (Lipinski definition) is 3. The van der Waals surface area contributed by atoms with Crippen molar-refractivity contribution in [3.05, 3.63) is 24.3 Å². The fraction of sp³-hybridized carbons (Fsp3) is 0.571. The van der Waals surface area contributed by atoms with Gasteiger partial charge in [-0.05, 0) is 49.9 Å². The van der Waals surface area contributed by atoms with E-state index >= 15 is 0 Å². The van der Waals surface area contributed by atoms with Gasteiger partial charge in [-0.2, -0.15) is 0 Å². The summed E-state index contributed by atoms with van der Waals surface area (Å²) in [6.45, 7) is 0. The van der Waals surface area contributed by atoms with Gasteiger partial charge in [0.1, 0.15) is 5.75 Å². The molecule has 0 aromatic heterocycles. The van der Waals surface area contributed by atoms with Crippen LogP contribution in [-0.2, 0) is 0 Å². The molecule has 20 heavy (non-hydrogen) atoms. The standard InChI is InChI=1S/C14H17F3N2O/c15-14(16,17)20-13-5-3-10(4-6-13)19-11-1-2-12(19)8-9(18)7-11/h3-6,9,11-12H,1-2,7-8,18H2. The zero-order valence-corrected chi connectivity index (χ0v) is 10.9. The summed E-state index contributed by atoms with van der Waals surface area (Å²) in [6.07, 6.45) is -0.509. The highest BCUT2D eigenvalue weighted by Crippen LogP contribution is 2.39. The summed E-state index contributed by atoms with van der Waals surface area (Å²) in [6, 6.07) is 7.22. The molecule has 2 fully saturated rings. The van der Waals surface area contributed by atoms with Crippen molar-refractivity contribution in [3.8, 4) is 5.75 Å². The maximum Gasteiger partial charge on any atom is 0.573 e. The van der Waals surface area contributed by atoms with Crippen LogP contribution in [0.25, 0.3) is 0 Å². The van der Waals surface area contributed by atoms with Crippen LogP contribution in [0.4, 0.5) is 18.9 Å². The van der Waals surface area contributed by atoms with Crippen molar-refractivity contribution in [2.24, 2.45) is 5.73 Å². The van der Waals surface area contributed by atoms with E-state index in [-0.39, 0.29) is 11.8 Å². The van der Waals surface area contributed by atoms with E-state index in [2.05, 4.69) is 9.64 Å². The van der Waals surface area contributed by atoms with Crippen LogP contribution in [-0.4, -0.2) is 24.5 Å². The Bertz CT molecular complexity index is 460. The monoisotopic (exact) mass is 286 g/mol. The van der Waals surface area contributed by atoms with Gasteiger partial charge in [-0.1, -0.05) is 0 Å². The molecule has 2 bridgehead atoms. The Balaban J connectivity index is 1.75. The molecule has 3 rings (SSSR count). The molecule has 0 aliphatic carbocycles. The topological polar surface area (TPSA) is 38.5 Å². The van der Waals surface area contributed by atoms with Crippen molar-refractivity contribution in [2.75, 3.05) is 4.90 Å². The summed E-state index contributed by atoms with van der Waals surface area (Å²) >= 11 is 0. The molecule has 2 heterocycles. The molecule has 0 radical (unpaired) electrons. The first-order chi connectivity index (χ1) is 9.42. The molecule has 110 valence electrons. The van der Waals surface area contributed by atoms with Gasteiger partial charge in [0.05, 0.1) is 0 Å². The molecule has 2 aliphatic rings. The molecular formula is C14H17F3N2O. The lowest BCUT2D eigenvalue weighted by molar-refractivity contribution is -0.274. The maximum absolute atomic E-state index is 12.1. The average Bonchev–Trinajstić information content (AvgIpc) is 2.61. The lowest BCUT2D eigenvalue weighted by atomic mass is 9.97. The zero-order chi connectivity index (χ0) is 14.3. The summed E-state index contributed by atoms with van der Waals surface area (Å²) in [7, 11) is 0. The molecule has 2 atom stereocenters. The van der Waals surface area contributed by atoms with Gasteiger partial charge in [-0.25, -0.2) is 0 Å². The van der Waals surface area contributed by atoms with E-state index in [1.165, 1.54) is 12.1 Å². The summed E-state index contributed by atoms with van der Waals surface area (Å²) in [5.41, 5.74) is 6.98. The molecule has 1 aromatic carbocycles. The third kappa shape index (κ3) is 2.70. The molecule has 0 spiro atoms. The Morgan fingerprint density at radius 2 is 1.60 bits per heavy atom. The molecule has 6 heteroatoms. The SMILES string of the molecule is NC1CC2CCC(C1)N2c1ccc(OC(F)(F)F)cc1. The van der Waals surface area contributed by atoms with E-state index in [1.807, 2.05) is 0 Å². The first-order valence-corrected chi connectivity index (χ1v) is 6.82. The fourth-order valence-corrected chi connectivity index (χ4v) is 3.46. The highest BCUT2D eigenvalue weighted by atomic mass is 19.4. The summed E-state index contributed by atoms with van der Waals surface area (Å²) in [5.74, 6) is -0.178. The molecule has 2 saturated heterocycles. The minimum atomic E-state index is -4.64. The Kier molecular flexibility index (Phi) is 3.28. The van der Waals surface area contributed by atoms with Crippen molar-refractivity contribution in [1.29, 1.82) is 0 Å². The van der Waals surface area contributed by atoms with Gasteiger partial charge in [-0.3, -0.25) is 0 Å². The van der Waals surface area contributed by atoms with Gasteiger partial charge in [0, 0.05) is 23.8 Å². The predicted octanol–water partition coefficient (Wildman–Crippen LogP) is 3.04. The van der Waals surface area contributed by atoms with Gasteiger partial charge in [-0.15, -0.1) is 13.2 Å². The van der Waals surface area contributed by atoms with E-state index in [9.17, 15) is 13.2 Å². The predicted molar refractivity (Wildman–Crippen MR) is 69.6 cm³/mol. The van der Waals surface area contributed by atoms with Crippen molar-refractivity contribution >= 4 is 5.69 Å². The van der Waals surface area contributed by atoms with Crippen molar-refractivity contribution in [3.63, 3.8) is 0 Å². The highest BCUT2D eigenvalue weighted by molar-refractivity contribution is 5.52. The van der Waals surface area contributed by atoms with Crippen LogP contribution in [0.2, 0.25) is 0 Å². The lowest BCUT2D eigenvalue weighted by Gasteiger charge is -2.39. The number of halogens is 3. The van der Waals surface area contributed by atoms with Crippen LogP contribution < -0.4 is 15.4 Å². The summed E-state index contributed by atoms with van der Waals surface area (Å²) in [4.78, 5) is 2.31. The number of nitrogens with zero attached hydrogens (tertiary/aromatic N) is 1. The van der Waals surface area contributed by atoms with Gasteiger partial charge in [0.2, 0.25) is 0 Å². The fourth-order valence-electron chi connectivity index (χ4n) is 3.46. The van der Waals surface area contributed by atoms with Crippen molar-refractivity contribution in [2.45, 2.75) is 50.2 Å². The third-order valence-electron chi connectivity index (χ3n) is 4.14. The van der Waals surface area contributed by atoms with Gasteiger partial charge in [0.25, 0.3) is 0 Å². The number of nitrogens with two attached hydrogens (primary N) is 1. The van der Waals surface area contributed by atoms with Crippen LogP contribution in [0.5, 0.6) is 5.75 Å². The summed E-state index contributed by atoms with van der Waals surface area (Å²) in [5, 5.41) is 0. The molecule has 1 aromatic rings. The summed E-state index contributed by atoms with van der Waals surface area (Å²) < 4.78 is 40.3. The van der Waals surface area contributed by atoms with Crippen LogP contribution >= 0.6 is 0 Å². The largest absolute Gasteiger partial charge is 0.573 e. The first-order valence-electron chi connectivity index (χ1n) is 6.82. The van der Waals surface area contributed by atoms with E-state index in [0.29, 0.717) is 12.1 Å².